The summed E-state index contributed by atoms with van der Waals surface area (Å²) < 4.78 is 0. The van der Waals surface area contributed by atoms with Crippen LogP contribution in [0.4, 0.5) is 0 Å². The maximum Gasteiger partial charge on any atom is 0.227 e. The molecule has 60 valence electrons. The Morgan fingerprint density at radius 1 is 1.82 bits per heavy atom. The monoisotopic (exact) mass is 151 g/mol. The Bertz CT molecular complexity index is 178. The first-order chi connectivity index (χ1) is 5.26. The molecular weight excluding hydrogens is 138 g/mol. The summed E-state index contributed by atoms with van der Waals surface area (Å²) in [6, 6.07) is 0. The van der Waals surface area contributed by atoms with Gasteiger partial charge in [-0.05, 0) is 6.92 Å². The number of rotatable bonds is 4. The van der Waals surface area contributed by atoms with Gasteiger partial charge < -0.3 is 4.90 Å². The number of terminal acetylenes is 1. The first-order valence-electron chi connectivity index (χ1n) is 3.58. The Labute approximate surface area is 67.9 Å². The van der Waals surface area contributed by atoms with Gasteiger partial charge in [0.25, 0.3) is 0 Å². The zero-order valence-corrected chi connectivity index (χ0v) is 6.84. The number of carbonyl (C=O) groups excluding carboxylic acids is 1. The van der Waals surface area contributed by atoms with E-state index in [1.807, 2.05) is 6.92 Å². The van der Waals surface area contributed by atoms with Crippen LogP contribution < -0.4 is 0 Å². The van der Waals surface area contributed by atoms with Crippen LogP contribution in [-0.2, 0) is 4.79 Å². The molecule has 0 heterocycles. The largest absolute Gasteiger partial charge is 0.332 e. The van der Waals surface area contributed by atoms with Crippen LogP contribution in [0.3, 0.4) is 0 Å². The third kappa shape index (κ3) is 3.47. The molecule has 0 saturated heterocycles. The summed E-state index contributed by atoms with van der Waals surface area (Å²) in [5, 5.41) is 0. The summed E-state index contributed by atoms with van der Waals surface area (Å²) >= 11 is 0. The molecule has 2 heteroatoms. The molecular formula is C9H13NO. The molecule has 0 aliphatic heterocycles. The van der Waals surface area contributed by atoms with Crippen LogP contribution in [0.1, 0.15) is 13.3 Å². The quantitative estimate of drug-likeness (QED) is 0.434. The predicted octanol–water partition coefficient (Wildman–Crippen LogP) is 1.04. The van der Waals surface area contributed by atoms with Crippen LogP contribution in [0.15, 0.2) is 12.7 Å². The number of hydrogen-bond donors (Lipinski definition) is 0. The normalized spacial score (nSPS) is 8.36. The zero-order chi connectivity index (χ0) is 8.69. The second-order valence-electron chi connectivity index (χ2n) is 2.10. The lowest BCUT2D eigenvalue weighted by molar-refractivity contribution is -0.129. The average Bonchev–Trinajstić information content (AvgIpc) is 2.00. The van der Waals surface area contributed by atoms with Crippen LogP contribution in [0.2, 0.25) is 0 Å². The highest BCUT2D eigenvalue weighted by Crippen LogP contribution is 1.93. The van der Waals surface area contributed by atoms with Gasteiger partial charge in [-0.25, -0.2) is 0 Å². The summed E-state index contributed by atoms with van der Waals surface area (Å²) in [5.41, 5.74) is 0. The number of amides is 1. The van der Waals surface area contributed by atoms with E-state index in [1.165, 1.54) is 0 Å². The Balaban J connectivity index is 3.93. The number of nitrogens with zero attached hydrogens (tertiary/aromatic N) is 1. The van der Waals surface area contributed by atoms with E-state index >= 15 is 0 Å². The van der Waals surface area contributed by atoms with Crippen molar-refractivity contribution < 1.29 is 4.79 Å². The Morgan fingerprint density at radius 3 is 2.82 bits per heavy atom. The van der Waals surface area contributed by atoms with E-state index in [9.17, 15) is 4.79 Å². The zero-order valence-electron chi connectivity index (χ0n) is 6.84. The van der Waals surface area contributed by atoms with E-state index in [-0.39, 0.29) is 5.91 Å². The summed E-state index contributed by atoms with van der Waals surface area (Å²) in [4.78, 5) is 12.7. The molecule has 0 bridgehead atoms. The van der Waals surface area contributed by atoms with Gasteiger partial charge in [-0.15, -0.1) is 13.0 Å². The fourth-order valence-electron chi connectivity index (χ4n) is 0.739. The predicted molar refractivity (Wildman–Crippen MR) is 45.9 cm³/mol. The van der Waals surface area contributed by atoms with Gasteiger partial charge in [-0.3, -0.25) is 4.79 Å². The van der Waals surface area contributed by atoms with Gasteiger partial charge in [0.15, 0.2) is 0 Å². The molecule has 0 fully saturated rings. The fraction of sp³-hybridized carbons (Fsp3) is 0.444. The van der Waals surface area contributed by atoms with E-state index in [1.54, 1.807) is 11.0 Å². The summed E-state index contributed by atoms with van der Waals surface area (Å²) in [6.45, 7) is 6.44. The molecule has 11 heavy (non-hydrogen) atoms. The minimum absolute atomic E-state index is 0.0421. The molecule has 0 radical (unpaired) electrons. The van der Waals surface area contributed by atoms with E-state index in [0.29, 0.717) is 19.5 Å². The second-order valence-corrected chi connectivity index (χ2v) is 2.10. The standard InChI is InChI=1S/C9H13NO/c1-4-7-9(11)10(6-3)8-5-2/h2,4H,1,6-8H2,3H3. The minimum atomic E-state index is 0.0421. The van der Waals surface area contributed by atoms with Crippen molar-refractivity contribution >= 4 is 5.91 Å². The Kier molecular flexibility index (Phi) is 4.93. The van der Waals surface area contributed by atoms with Crippen molar-refractivity contribution in [1.29, 1.82) is 0 Å². The smallest absolute Gasteiger partial charge is 0.227 e. The van der Waals surface area contributed by atoms with Gasteiger partial charge >= 0.3 is 0 Å². The average molecular weight is 151 g/mol. The van der Waals surface area contributed by atoms with Crippen LogP contribution >= 0.6 is 0 Å². The van der Waals surface area contributed by atoms with Gasteiger partial charge in [0.2, 0.25) is 5.91 Å². The summed E-state index contributed by atoms with van der Waals surface area (Å²) in [6.07, 6.45) is 7.02. The van der Waals surface area contributed by atoms with Crippen LogP contribution in [0.5, 0.6) is 0 Å². The van der Waals surface area contributed by atoms with Gasteiger partial charge in [0.05, 0.1) is 6.54 Å². The van der Waals surface area contributed by atoms with Crippen LogP contribution in [0, 0.1) is 12.3 Å². The van der Waals surface area contributed by atoms with E-state index in [2.05, 4.69) is 12.5 Å². The van der Waals surface area contributed by atoms with E-state index < -0.39 is 0 Å². The Morgan fingerprint density at radius 2 is 2.45 bits per heavy atom. The fourth-order valence-corrected chi connectivity index (χ4v) is 0.739. The van der Waals surface area contributed by atoms with Gasteiger partial charge in [0, 0.05) is 13.0 Å². The topological polar surface area (TPSA) is 20.3 Å². The van der Waals surface area contributed by atoms with Crippen molar-refractivity contribution in [3.8, 4) is 12.3 Å². The maximum atomic E-state index is 11.1. The Hall–Kier alpha value is -1.23. The first-order valence-corrected chi connectivity index (χ1v) is 3.58. The molecule has 0 saturated carbocycles. The molecule has 2 nitrogen and oxygen atoms in total. The van der Waals surface area contributed by atoms with Crippen molar-refractivity contribution in [2.24, 2.45) is 0 Å². The highest BCUT2D eigenvalue weighted by atomic mass is 16.2. The maximum absolute atomic E-state index is 11.1. The molecule has 0 atom stereocenters. The lowest BCUT2D eigenvalue weighted by Gasteiger charge is -2.16. The molecule has 0 aromatic carbocycles. The number of carbonyl (C=O) groups is 1. The number of hydrogen-bond acceptors (Lipinski definition) is 1. The molecule has 0 N–H and O–H groups in total. The van der Waals surface area contributed by atoms with Crippen molar-refractivity contribution in [3.63, 3.8) is 0 Å². The third-order valence-corrected chi connectivity index (χ3v) is 1.34. The highest BCUT2D eigenvalue weighted by Gasteiger charge is 2.06. The van der Waals surface area contributed by atoms with Gasteiger partial charge in [-0.2, -0.15) is 0 Å². The van der Waals surface area contributed by atoms with E-state index in [4.69, 9.17) is 6.42 Å². The molecule has 0 aliphatic rings. The van der Waals surface area contributed by atoms with Crippen molar-refractivity contribution in [2.45, 2.75) is 13.3 Å². The molecule has 0 aromatic rings. The molecule has 0 unspecified atom stereocenters. The van der Waals surface area contributed by atoms with Crippen LogP contribution in [0.25, 0.3) is 0 Å². The first kappa shape index (κ1) is 9.77. The van der Waals surface area contributed by atoms with Crippen LogP contribution in [-0.4, -0.2) is 23.9 Å². The molecule has 1 amide bonds. The molecule has 0 rings (SSSR count). The summed E-state index contributed by atoms with van der Waals surface area (Å²) in [5.74, 6) is 2.47. The minimum Gasteiger partial charge on any atom is -0.332 e. The van der Waals surface area contributed by atoms with Gasteiger partial charge in [-0.1, -0.05) is 12.0 Å². The van der Waals surface area contributed by atoms with E-state index in [0.717, 1.165) is 0 Å². The van der Waals surface area contributed by atoms with Crippen molar-refractivity contribution in [1.82, 2.24) is 4.90 Å². The molecule has 0 aliphatic carbocycles. The lowest BCUT2D eigenvalue weighted by atomic mass is 10.3. The summed E-state index contributed by atoms with van der Waals surface area (Å²) in [7, 11) is 0. The van der Waals surface area contributed by atoms with Gasteiger partial charge in [0.1, 0.15) is 0 Å². The molecule has 0 aromatic heterocycles. The highest BCUT2D eigenvalue weighted by molar-refractivity contribution is 5.77. The lowest BCUT2D eigenvalue weighted by Crippen LogP contribution is -2.30. The molecule has 0 spiro atoms. The second kappa shape index (κ2) is 5.55. The third-order valence-electron chi connectivity index (χ3n) is 1.34. The van der Waals surface area contributed by atoms with Crippen molar-refractivity contribution in [2.75, 3.05) is 13.1 Å². The SMILES string of the molecule is C#CCN(CC)C(=O)CC=C. The van der Waals surface area contributed by atoms with Crippen molar-refractivity contribution in [3.05, 3.63) is 12.7 Å².